The van der Waals surface area contributed by atoms with E-state index >= 15 is 0 Å². The number of nitrogens with one attached hydrogen (secondary N) is 1. The minimum atomic E-state index is -0.467. The standard InChI is InChI=1S/C14H14FN3O3S/c1-2-21-13(20)6-11-8-22-14(17-11)18-16-7-9-5-10(15)3-4-12(9)19/h3-5,7-8,19H,2,6H2,1H3,(H,17,18). The summed E-state index contributed by atoms with van der Waals surface area (Å²) in [5.74, 6) is -0.883. The van der Waals surface area contributed by atoms with E-state index in [0.29, 0.717) is 17.4 Å². The van der Waals surface area contributed by atoms with Crippen LogP contribution in [0.15, 0.2) is 28.7 Å². The Kier molecular flexibility index (Phi) is 5.42. The highest BCUT2D eigenvalue weighted by Crippen LogP contribution is 2.17. The molecule has 1 aromatic heterocycles. The van der Waals surface area contributed by atoms with Gasteiger partial charge in [-0.1, -0.05) is 0 Å². The number of carbonyl (C=O) groups excluding carboxylic acids is 1. The summed E-state index contributed by atoms with van der Waals surface area (Å²) in [4.78, 5) is 15.5. The molecule has 0 spiro atoms. The van der Waals surface area contributed by atoms with Crippen LogP contribution in [0.4, 0.5) is 9.52 Å². The number of carbonyl (C=O) groups is 1. The van der Waals surface area contributed by atoms with Gasteiger partial charge in [0.2, 0.25) is 5.13 Å². The first-order valence-corrected chi connectivity index (χ1v) is 7.34. The van der Waals surface area contributed by atoms with Crippen molar-refractivity contribution in [3.05, 3.63) is 40.7 Å². The average molecular weight is 323 g/mol. The zero-order valence-corrected chi connectivity index (χ0v) is 12.6. The summed E-state index contributed by atoms with van der Waals surface area (Å²) in [7, 11) is 0. The van der Waals surface area contributed by atoms with Crippen LogP contribution in [-0.2, 0) is 16.0 Å². The monoisotopic (exact) mass is 323 g/mol. The molecule has 0 aliphatic heterocycles. The van der Waals surface area contributed by atoms with Gasteiger partial charge in [0.15, 0.2) is 0 Å². The van der Waals surface area contributed by atoms with Crippen LogP contribution in [0.2, 0.25) is 0 Å². The molecule has 0 fully saturated rings. The van der Waals surface area contributed by atoms with E-state index in [-0.39, 0.29) is 23.7 Å². The van der Waals surface area contributed by atoms with E-state index in [1.807, 2.05) is 0 Å². The molecular formula is C14H14FN3O3S. The molecule has 0 bridgehead atoms. The van der Waals surface area contributed by atoms with Crippen LogP contribution in [0.5, 0.6) is 5.75 Å². The molecule has 8 heteroatoms. The molecule has 6 nitrogen and oxygen atoms in total. The third kappa shape index (κ3) is 4.52. The fourth-order valence-electron chi connectivity index (χ4n) is 1.59. The van der Waals surface area contributed by atoms with Gasteiger partial charge < -0.3 is 9.84 Å². The highest BCUT2D eigenvalue weighted by Gasteiger charge is 2.08. The number of anilines is 1. The molecular weight excluding hydrogens is 309 g/mol. The number of hydrazone groups is 1. The predicted molar refractivity (Wildman–Crippen MR) is 81.7 cm³/mol. The number of halogens is 1. The SMILES string of the molecule is CCOC(=O)Cc1csc(NN=Cc2cc(F)ccc2O)n1. The van der Waals surface area contributed by atoms with E-state index in [0.717, 1.165) is 12.1 Å². The maximum atomic E-state index is 13.0. The number of nitrogens with zero attached hydrogens (tertiary/aromatic N) is 2. The molecule has 2 rings (SSSR count). The van der Waals surface area contributed by atoms with Gasteiger partial charge in [-0.25, -0.2) is 9.37 Å². The van der Waals surface area contributed by atoms with Gasteiger partial charge >= 0.3 is 5.97 Å². The number of rotatable bonds is 6. The van der Waals surface area contributed by atoms with Crippen molar-refractivity contribution in [3.8, 4) is 5.75 Å². The second kappa shape index (κ2) is 7.51. The van der Waals surface area contributed by atoms with Gasteiger partial charge in [0.25, 0.3) is 0 Å². The van der Waals surface area contributed by atoms with Gasteiger partial charge in [0.1, 0.15) is 11.6 Å². The lowest BCUT2D eigenvalue weighted by atomic mass is 10.2. The van der Waals surface area contributed by atoms with Crippen molar-refractivity contribution in [2.24, 2.45) is 5.10 Å². The van der Waals surface area contributed by atoms with Crippen molar-refractivity contribution in [1.82, 2.24) is 4.98 Å². The number of esters is 1. The predicted octanol–water partition coefficient (Wildman–Crippen LogP) is 2.54. The fraction of sp³-hybridized carbons (Fsp3) is 0.214. The molecule has 2 aromatic rings. The van der Waals surface area contributed by atoms with Crippen LogP contribution in [0.25, 0.3) is 0 Å². The molecule has 0 radical (unpaired) electrons. The number of ether oxygens (including phenoxy) is 1. The van der Waals surface area contributed by atoms with E-state index in [2.05, 4.69) is 15.5 Å². The third-order valence-electron chi connectivity index (χ3n) is 2.54. The molecule has 1 aromatic carbocycles. The number of thiazole rings is 1. The molecule has 1 heterocycles. The molecule has 0 aliphatic rings. The van der Waals surface area contributed by atoms with E-state index in [1.165, 1.54) is 23.6 Å². The van der Waals surface area contributed by atoms with Crippen molar-refractivity contribution < 1.29 is 19.0 Å². The van der Waals surface area contributed by atoms with Crippen molar-refractivity contribution in [2.75, 3.05) is 12.0 Å². The maximum absolute atomic E-state index is 13.0. The smallest absolute Gasteiger partial charge is 0.311 e. The number of aromatic hydroxyl groups is 1. The second-order valence-electron chi connectivity index (χ2n) is 4.20. The topological polar surface area (TPSA) is 83.8 Å². The van der Waals surface area contributed by atoms with E-state index in [9.17, 15) is 14.3 Å². The molecule has 0 unspecified atom stereocenters. The summed E-state index contributed by atoms with van der Waals surface area (Å²) < 4.78 is 17.9. The Hall–Kier alpha value is -2.48. The molecule has 0 atom stereocenters. The van der Waals surface area contributed by atoms with E-state index in [4.69, 9.17) is 4.74 Å². The molecule has 2 N–H and O–H groups in total. The van der Waals surface area contributed by atoms with Gasteiger partial charge in [-0.2, -0.15) is 5.10 Å². The minimum Gasteiger partial charge on any atom is -0.507 e. The Morgan fingerprint density at radius 2 is 2.41 bits per heavy atom. The average Bonchev–Trinajstić information content (AvgIpc) is 2.90. The number of phenols is 1. The quantitative estimate of drug-likeness (QED) is 0.485. The van der Waals surface area contributed by atoms with Crippen molar-refractivity contribution >= 4 is 28.7 Å². The van der Waals surface area contributed by atoms with Crippen molar-refractivity contribution in [2.45, 2.75) is 13.3 Å². The summed E-state index contributed by atoms with van der Waals surface area (Å²) in [6.45, 7) is 2.07. The van der Waals surface area contributed by atoms with Gasteiger partial charge in [0.05, 0.1) is 24.9 Å². The first-order valence-electron chi connectivity index (χ1n) is 6.46. The molecule has 116 valence electrons. The lowest BCUT2D eigenvalue weighted by Crippen LogP contribution is -2.07. The lowest BCUT2D eigenvalue weighted by Gasteiger charge is -1.99. The highest BCUT2D eigenvalue weighted by atomic mass is 32.1. The van der Waals surface area contributed by atoms with E-state index < -0.39 is 5.82 Å². The third-order valence-corrected chi connectivity index (χ3v) is 3.33. The highest BCUT2D eigenvalue weighted by molar-refractivity contribution is 7.13. The summed E-state index contributed by atoms with van der Waals surface area (Å²) in [5, 5.41) is 15.6. The fourth-order valence-corrected chi connectivity index (χ4v) is 2.24. The van der Waals surface area contributed by atoms with Gasteiger partial charge in [-0.05, 0) is 25.1 Å². The number of phenolic OH excluding ortho intramolecular Hbond substituents is 1. The van der Waals surface area contributed by atoms with Crippen LogP contribution < -0.4 is 5.43 Å². The second-order valence-corrected chi connectivity index (χ2v) is 5.06. The Balaban J connectivity index is 1.94. The van der Waals surface area contributed by atoms with Crippen LogP contribution in [-0.4, -0.2) is 28.9 Å². The number of hydrogen-bond donors (Lipinski definition) is 2. The van der Waals surface area contributed by atoms with Crippen molar-refractivity contribution in [1.29, 1.82) is 0 Å². The summed E-state index contributed by atoms with van der Waals surface area (Å²) in [6, 6.07) is 3.56. The zero-order valence-electron chi connectivity index (χ0n) is 11.7. The van der Waals surface area contributed by atoms with Crippen LogP contribution in [0, 0.1) is 5.82 Å². The molecule has 0 saturated heterocycles. The Morgan fingerprint density at radius 1 is 1.59 bits per heavy atom. The number of hydrogen-bond acceptors (Lipinski definition) is 7. The van der Waals surface area contributed by atoms with E-state index in [1.54, 1.807) is 12.3 Å². The van der Waals surface area contributed by atoms with Gasteiger partial charge in [-0.15, -0.1) is 11.3 Å². The summed E-state index contributed by atoms with van der Waals surface area (Å²) in [6.07, 6.45) is 1.38. The number of aromatic nitrogens is 1. The maximum Gasteiger partial charge on any atom is 0.311 e. The molecule has 0 saturated carbocycles. The zero-order chi connectivity index (χ0) is 15.9. The van der Waals surface area contributed by atoms with Crippen LogP contribution >= 0.6 is 11.3 Å². The summed E-state index contributed by atoms with van der Waals surface area (Å²) >= 11 is 1.27. The van der Waals surface area contributed by atoms with Crippen LogP contribution in [0.3, 0.4) is 0 Å². The number of benzene rings is 1. The largest absolute Gasteiger partial charge is 0.507 e. The Labute approximate surface area is 130 Å². The first-order chi connectivity index (χ1) is 10.6. The lowest BCUT2D eigenvalue weighted by molar-refractivity contribution is -0.142. The van der Waals surface area contributed by atoms with Gasteiger partial charge in [0, 0.05) is 10.9 Å². The Morgan fingerprint density at radius 3 is 3.18 bits per heavy atom. The Bertz CT molecular complexity index is 688. The van der Waals surface area contributed by atoms with Gasteiger partial charge in [-0.3, -0.25) is 10.2 Å². The molecule has 0 aliphatic carbocycles. The van der Waals surface area contributed by atoms with Crippen molar-refractivity contribution in [3.63, 3.8) is 0 Å². The summed E-state index contributed by atoms with van der Waals surface area (Å²) in [5.41, 5.74) is 3.48. The molecule has 22 heavy (non-hydrogen) atoms. The first kappa shape index (κ1) is 15.9. The normalized spacial score (nSPS) is 10.8. The minimum absolute atomic E-state index is 0.0749. The van der Waals surface area contributed by atoms with Crippen LogP contribution in [0.1, 0.15) is 18.2 Å². The molecule has 0 amide bonds.